The molecule has 2 aromatic carbocycles. The molecule has 0 saturated heterocycles. The number of anilines is 1. The number of halogens is 1. The summed E-state index contributed by atoms with van der Waals surface area (Å²) in [4.78, 5) is 31.4. The van der Waals surface area contributed by atoms with Crippen LogP contribution in [0.15, 0.2) is 69.6 Å². The average Bonchev–Trinajstić information content (AvgIpc) is 3.12. The van der Waals surface area contributed by atoms with Crippen molar-refractivity contribution < 1.29 is 14.3 Å². The Labute approximate surface area is 199 Å². The van der Waals surface area contributed by atoms with Crippen LogP contribution in [0.2, 0.25) is 5.02 Å². The summed E-state index contributed by atoms with van der Waals surface area (Å²) in [5.74, 6) is 0.122. The maximum absolute atomic E-state index is 13.5. The molecular formula is C24H22ClN3O4S. The van der Waals surface area contributed by atoms with Crippen molar-refractivity contribution in [2.75, 3.05) is 19.0 Å². The molecule has 2 heterocycles. The topological polar surface area (TPSA) is 81.9 Å². The number of hydrogen-bond donors (Lipinski definition) is 1. The molecule has 3 aromatic rings. The normalized spacial score (nSPS) is 15.6. The van der Waals surface area contributed by atoms with Crippen LogP contribution in [0.4, 0.5) is 5.69 Å². The first-order valence-corrected chi connectivity index (χ1v) is 11.5. The van der Waals surface area contributed by atoms with Gasteiger partial charge in [0, 0.05) is 16.9 Å². The molecule has 0 saturated carbocycles. The second-order valence-corrected chi connectivity index (χ2v) is 8.68. The third-order valence-corrected chi connectivity index (χ3v) is 6.38. The lowest BCUT2D eigenvalue weighted by Crippen LogP contribution is -2.40. The molecule has 0 spiro atoms. The number of hydrogen-bond acceptors (Lipinski definition) is 7. The van der Waals surface area contributed by atoms with E-state index < -0.39 is 12.0 Å². The highest BCUT2D eigenvalue weighted by molar-refractivity contribution is 7.07. The number of methoxy groups -OCH3 is 1. The predicted molar refractivity (Wildman–Crippen MR) is 129 cm³/mol. The van der Waals surface area contributed by atoms with Crippen molar-refractivity contribution in [1.82, 2.24) is 4.57 Å². The van der Waals surface area contributed by atoms with Crippen molar-refractivity contribution >= 4 is 40.8 Å². The van der Waals surface area contributed by atoms with Crippen LogP contribution in [0, 0.1) is 0 Å². The van der Waals surface area contributed by atoms with Crippen molar-refractivity contribution in [2.45, 2.75) is 19.9 Å². The molecule has 170 valence electrons. The lowest BCUT2D eigenvalue weighted by atomic mass is 9.95. The highest BCUT2D eigenvalue weighted by Gasteiger charge is 2.33. The fraction of sp³-hybridized carbons (Fsp3) is 0.208. The first-order valence-electron chi connectivity index (χ1n) is 10.3. The first-order chi connectivity index (χ1) is 15.9. The number of rotatable bonds is 6. The van der Waals surface area contributed by atoms with Gasteiger partial charge >= 0.3 is 5.97 Å². The molecule has 7 nitrogen and oxygen atoms in total. The Kier molecular flexibility index (Phi) is 6.67. The third-order valence-electron chi connectivity index (χ3n) is 5.14. The van der Waals surface area contributed by atoms with E-state index >= 15 is 0 Å². The molecule has 9 heteroatoms. The number of carbonyl (C=O) groups is 1. The van der Waals surface area contributed by atoms with Crippen molar-refractivity contribution in [3.8, 4) is 5.75 Å². The van der Waals surface area contributed by atoms with Crippen LogP contribution in [0.25, 0.3) is 6.20 Å². The lowest BCUT2D eigenvalue weighted by molar-refractivity contribution is -0.139. The second-order valence-electron chi connectivity index (χ2n) is 7.23. The number of ether oxygens (including phenoxy) is 2. The standard InChI is InChI=1S/C24H22ClN3O4S/c1-4-32-23(30)20-14(2)27-24-28(21(20)15-6-5-7-18(12-15)31-3)22(29)19(33-24)13-26-17-10-8-16(25)9-11-17/h5-13,21,26H,4H2,1-3H3/b19-13+/t21-/m1/s1. The monoisotopic (exact) mass is 483 g/mol. The maximum Gasteiger partial charge on any atom is 0.338 e. The van der Waals surface area contributed by atoms with Crippen molar-refractivity contribution in [2.24, 2.45) is 4.99 Å². The van der Waals surface area contributed by atoms with Gasteiger partial charge in [-0.2, -0.15) is 0 Å². The molecule has 0 amide bonds. The summed E-state index contributed by atoms with van der Waals surface area (Å²) in [6.45, 7) is 3.71. The van der Waals surface area contributed by atoms with Gasteiger partial charge in [-0.1, -0.05) is 35.1 Å². The quantitative estimate of drug-likeness (QED) is 0.543. The van der Waals surface area contributed by atoms with Crippen LogP contribution >= 0.6 is 22.9 Å². The Morgan fingerprint density at radius 3 is 2.73 bits per heavy atom. The number of aromatic nitrogens is 1. The predicted octanol–water partition coefficient (Wildman–Crippen LogP) is 3.48. The molecule has 1 atom stereocenters. The van der Waals surface area contributed by atoms with Crippen molar-refractivity contribution in [1.29, 1.82) is 0 Å². The van der Waals surface area contributed by atoms with Gasteiger partial charge in [0.15, 0.2) is 4.80 Å². The van der Waals surface area contributed by atoms with E-state index in [0.717, 1.165) is 11.3 Å². The summed E-state index contributed by atoms with van der Waals surface area (Å²) < 4.78 is 12.7. The number of fused-ring (bicyclic) bond motifs is 1. The number of nitrogens with one attached hydrogen (secondary N) is 1. The summed E-state index contributed by atoms with van der Waals surface area (Å²) in [5, 5.41) is 3.75. The number of carbonyl (C=O) groups excluding carboxylic acids is 1. The van der Waals surface area contributed by atoms with Gasteiger partial charge < -0.3 is 14.8 Å². The summed E-state index contributed by atoms with van der Waals surface area (Å²) >= 11 is 7.19. The molecule has 1 N–H and O–H groups in total. The van der Waals surface area contributed by atoms with E-state index in [0.29, 0.717) is 31.4 Å². The Bertz CT molecular complexity index is 1410. The van der Waals surface area contributed by atoms with E-state index in [9.17, 15) is 9.59 Å². The van der Waals surface area contributed by atoms with Gasteiger partial charge in [0.2, 0.25) is 0 Å². The maximum atomic E-state index is 13.5. The summed E-state index contributed by atoms with van der Waals surface area (Å²) in [6, 6.07) is 13.8. The smallest absolute Gasteiger partial charge is 0.338 e. The molecule has 0 bridgehead atoms. The van der Waals surface area contributed by atoms with Crippen LogP contribution in [0.5, 0.6) is 5.75 Å². The third kappa shape index (κ3) is 4.58. The van der Waals surface area contributed by atoms with E-state index in [-0.39, 0.29) is 12.2 Å². The number of nitrogens with zero attached hydrogens (tertiary/aromatic N) is 2. The van der Waals surface area contributed by atoms with Gasteiger partial charge in [0.25, 0.3) is 5.56 Å². The number of esters is 1. The molecule has 1 aromatic heterocycles. The minimum atomic E-state index is -0.687. The number of thiazole rings is 1. The van der Waals surface area contributed by atoms with E-state index in [1.807, 2.05) is 36.4 Å². The Hall–Kier alpha value is -3.36. The molecule has 0 unspecified atom stereocenters. The largest absolute Gasteiger partial charge is 0.497 e. The van der Waals surface area contributed by atoms with Crippen LogP contribution in [0.3, 0.4) is 0 Å². The molecule has 1 aliphatic heterocycles. The highest BCUT2D eigenvalue weighted by atomic mass is 35.5. The fourth-order valence-electron chi connectivity index (χ4n) is 3.61. The summed E-state index contributed by atoms with van der Waals surface area (Å²) in [7, 11) is 1.57. The van der Waals surface area contributed by atoms with E-state index in [1.165, 1.54) is 15.9 Å². The molecule has 0 aliphatic carbocycles. The van der Waals surface area contributed by atoms with E-state index in [2.05, 4.69) is 10.3 Å². The lowest BCUT2D eigenvalue weighted by Gasteiger charge is -2.24. The zero-order valence-corrected chi connectivity index (χ0v) is 19.9. The summed E-state index contributed by atoms with van der Waals surface area (Å²) in [6.07, 6.45) is 1.64. The minimum absolute atomic E-state index is 0.218. The van der Waals surface area contributed by atoms with Gasteiger partial charge in [0.1, 0.15) is 10.3 Å². The molecular weight excluding hydrogens is 462 g/mol. The highest BCUT2D eigenvalue weighted by Crippen LogP contribution is 2.32. The molecule has 4 rings (SSSR count). The fourth-order valence-corrected chi connectivity index (χ4v) is 4.71. The minimum Gasteiger partial charge on any atom is -0.497 e. The van der Waals surface area contributed by atoms with Gasteiger partial charge in [-0.15, -0.1) is 0 Å². The summed E-state index contributed by atoms with van der Waals surface area (Å²) in [5.41, 5.74) is 2.10. The molecule has 0 radical (unpaired) electrons. The Morgan fingerprint density at radius 2 is 2.03 bits per heavy atom. The van der Waals surface area contributed by atoms with E-state index in [4.69, 9.17) is 21.1 Å². The van der Waals surface area contributed by atoms with Crippen LogP contribution < -0.4 is 24.9 Å². The molecule has 0 fully saturated rings. The van der Waals surface area contributed by atoms with Crippen LogP contribution in [-0.4, -0.2) is 24.3 Å². The number of allylic oxidation sites excluding steroid dienone is 1. The Morgan fingerprint density at radius 1 is 1.27 bits per heavy atom. The SMILES string of the molecule is CCOC(=O)C1=C(C)N=c2s/c(=C/Nc3ccc(Cl)cc3)c(=O)n2[C@@H]1c1cccc(OC)c1. The van der Waals surface area contributed by atoms with Gasteiger partial charge in [0.05, 0.1) is 31.0 Å². The van der Waals surface area contributed by atoms with E-state index in [1.54, 1.807) is 39.3 Å². The van der Waals surface area contributed by atoms with Gasteiger partial charge in [-0.25, -0.2) is 9.79 Å². The van der Waals surface area contributed by atoms with Gasteiger partial charge in [-0.05, 0) is 55.8 Å². The number of benzene rings is 2. The Balaban J connectivity index is 1.87. The van der Waals surface area contributed by atoms with Crippen LogP contribution in [0.1, 0.15) is 25.5 Å². The van der Waals surface area contributed by atoms with Gasteiger partial charge in [-0.3, -0.25) is 9.36 Å². The van der Waals surface area contributed by atoms with Crippen molar-refractivity contribution in [3.05, 3.63) is 90.1 Å². The molecule has 1 aliphatic rings. The molecule has 33 heavy (non-hydrogen) atoms. The average molecular weight is 484 g/mol. The zero-order chi connectivity index (χ0) is 23.5. The first kappa shape index (κ1) is 22.8. The zero-order valence-electron chi connectivity index (χ0n) is 18.3. The van der Waals surface area contributed by atoms with Crippen LogP contribution in [-0.2, 0) is 9.53 Å². The second kappa shape index (κ2) is 9.64. The van der Waals surface area contributed by atoms with Crippen molar-refractivity contribution in [3.63, 3.8) is 0 Å².